The Bertz CT molecular complexity index is 1470. The van der Waals surface area contributed by atoms with Crippen molar-refractivity contribution in [2.75, 3.05) is 40.3 Å². The van der Waals surface area contributed by atoms with Crippen LogP contribution in [0, 0.1) is 5.82 Å². The van der Waals surface area contributed by atoms with Gasteiger partial charge in [0, 0.05) is 59.4 Å². The number of pyridine rings is 2. The summed E-state index contributed by atoms with van der Waals surface area (Å²) < 4.78 is 14.6. The van der Waals surface area contributed by atoms with Gasteiger partial charge in [0.2, 0.25) is 5.91 Å². The number of benzene rings is 1. The minimum Gasteiger partial charge on any atom is -0.505 e. The Labute approximate surface area is 230 Å². The smallest absolute Gasteiger partial charge is 0.316 e. The lowest BCUT2D eigenvalue weighted by Gasteiger charge is -2.17. The molecule has 3 N–H and O–H groups in total. The third-order valence-corrected chi connectivity index (χ3v) is 6.76. The zero-order chi connectivity index (χ0) is 28.8. The second-order valence-electron chi connectivity index (χ2n) is 9.92. The summed E-state index contributed by atoms with van der Waals surface area (Å²) in [6, 6.07) is 7.34. The second-order valence-corrected chi connectivity index (χ2v) is 9.92. The number of aromatic hydroxyl groups is 1. The number of hydrogen-bond acceptors (Lipinski definition) is 6. The number of amides is 4. The summed E-state index contributed by atoms with van der Waals surface area (Å²) in [5, 5.41) is 16.3. The topological polar surface area (TPSA) is 137 Å². The van der Waals surface area contributed by atoms with Gasteiger partial charge in [0.15, 0.2) is 5.75 Å². The van der Waals surface area contributed by atoms with Crippen LogP contribution in [0.2, 0.25) is 0 Å². The van der Waals surface area contributed by atoms with Gasteiger partial charge in [0.25, 0.3) is 11.5 Å². The maximum absolute atomic E-state index is 13.5. The minimum absolute atomic E-state index is 0.0221. The Hall–Kier alpha value is -4.48. The molecule has 0 atom stereocenters. The summed E-state index contributed by atoms with van der Waals surface area (Å²) in [7, 11) is 3.18. The Morgan fingerprint density at radius 2 is 1.82 bits per heavy atom. The van der Waals surface area contributed by atoms with Crippen LogP contribution in [-0.4, -0.2) is 82.6 Å². The number of aromatic nitrogens is 2. The average molecular weight is 553 g/mol. The summed E-state index contributed by atoms with van der Waals surface area (Å²) >= 11 is 0. The van der Waals surface area contributed by atoms with Gasteiger partial charge in [-0.1, -0.05) is 12.1 Å². The molecule has 1 saturated heterocycles. The number of halogens is 1. The quantitative estimate of drug-likeness (QED) is 0.329. The number of urea groups is 1. The van der Waals surface area contributed by atoms with E-state index in [0.717, 1.165) is 12.0 Å². The van der Waals surface area contributed by atoms with Gasteiger partial charge in [0.1, 0.15) is 16.9 Å². The summed E-state index contributed by atoms with van der Waals surface area (Å²) in [5.74, 6) is -1.54. The first-order chi connectivity index (χ1) is 19.2. The number of nitrogens with zero attached hydrogens (tertiary/aromatic N) is 4. The predicted molar refractivity (Wildman–Crippen MR) is 147 cm³/mol. The average Bonchev–Trinajstić information content (AvgIpc) is 3.34. The van der Waals surface area contributed by atoms with Crippen molar-refractivity contribution in [3.63, 3.8) is 0 Å². The summed E-state index contributed by atoms with van der Waals surface area (Å²) in [5.41, 5.74) is 0.724. The number of carbonyl (C=O) groups excluding carboxylic acids is 3. The number of likely N-dealkylation sites (tertiary alicyclic amines) is 1. The van der Waals surface area contributed by atoms with E-state index in [9.17, 15) is 28.7 Å². The first-order valence-corrected chi connectivity index (χ1v) is 13.2. The molecule has 1 aliphatic heterocycles. The fourth-order valence-electron chi connectivity index (χ4n) is 4.64. The molecule has 0 saturated carbocycles. The van der Waals surface area contributed by atoms with Gasteiger partial charge in [-0.05, 0) is 48.6 Å². The van der Waals surface area contributed by atoms with E-state index in [4.69, 9.17) is 0 Å². The predicted octanol–water partition coefficient (Wildman–Crippen LogP) is 1.85. The molecular formula is C28H33FN6O5. The molecule has 4 rings (SSSR count). The lowest BCUT2D eigenvalue weighted by molar-refractivity contribution is -0.127. The molecule has 1 fully saturated rings. The number of hydrogen-bond donors (Lipinski definition) is 3. The van der Waals surface area contributed by atoms with Crippen molar-refractivity contribution in [1.29, 1.82) is 0 Å². The Morgan fingerprint density at radius 3 is 2.50 bits per heavy atom. The van der Waals surface area contributed by atoms with Gasteiger partial charge in [-0.25, -0.2) is 9.18 Å². The zero-order valence-electron chi connectivity index (χ0n) is 22.6. The molecule has 4 amide bonds. The van der Waals surface area contributed by atoms with Crippen LogP contribution >= 0.6 is 0 Å². The van der Waals surface area contributed by atoms with Crippen molar-refractivity contribution in [2.24, 2.45) is 0 Å². The first kappa shape index (κ1) is 28.5. The van der Waals surface area contributed by atoms with Crippen molar-refractivity contribution in [3.8, 4) is 5.75 Å². The van der Waals surface area contributed by atoms with Crippen LogP contribution in [0.3, 0.4) is 0 Å². The molecule has 3 aromatic rings. The standard InChI is InChI=1S/C28H33FN6O5/c1-33(2)28(40)31-11-14-35-21-16-19(15-18-6-8-20(29)9-7-18)17-32-24(21)25(37)23(27(35)39)26(38)30-10-4-13-34-12-3-5-22(34)36/h6-9,16-17,37H,3-5,10-15H2,1-2H3,(H,30,38)(H,31,40). The van der Waals surface area contributed by atoms with Crippen LogP contribution in [0.1, 0.15) is 40.7 Å². The normalized spacial score (nSPS) is 13.1. The molecule has 0 bridgehead atoms. The lowest BCUT2D eigenvalue weighted by Crippen LogP contribution is -2.39. The van der Waals surface area contributed by atoms with E-state index in [1.807, 2.05) is 0 Å². The molecule has 0 radical (unpaired) electrons. The highest BCUT2D eigenvalue weighted by Crippen LogP contribution is 2.26. The van der Waals surface area contributed by atoms with Gasteiger partial charge in [-0.3, -0.25) is 19.4 Å². The lowest BCUT2D eigenvalue weighted by atomic mass is 10.1. The maximum Gasteiger partial charge on any atom is 0.316 e. The molecule has 40 heavy (non-hydrogen) atoms. The van der Waals surface area contributed by atoms with Crippen molar-refractivity contribution in [2.45, 2.75) is 32.2 Å². The highest BCUT2D eigenvalue weighted by Gasteiger charge is 2.24. The van der Waals surface area contributed by atoms with E-state index in [1.54, 1.807) is 37.2 Å². The maximum atomic E-state index is 13.5. The van der Waals surface area contributed by atoms with E-state index in [-0.39, 0.29) is 42.9 Å². The molecule has 0 unspecified atom stereocenters. The molecule has 1 aliphatic rings. The van der Waals surface area contributed by atoms with Gasteiger partial charge in [0.05, 0.1) is 5.52 Å². The molecule has 0 aliphatic carbocycles. The number of rotatable bonds is 10. The highest BCUT2D eigenvalue weighted by molar-refractivity contribution is 6.01. The third-order valence-electron chi connectivity index (χ3n) is 6.76. The van der Waals surface area contributed by atoms with Crippen molar-refractivity contribution in [1.82, 2.24) is 30.0 Å². The summed E-state index contributed by atoms with van der Waals surface area (Å²) in [6.07, 6.45) is 3.79. The molecule has 1 aromatic carbocycles. The van der Waals surface area contributed by atoms with E-state index in [0.29, 0.717) is 43.4 Å². The van der Waals surface area contributed by atoms with Crippen LogP contribution < -0.4 is 16.2 Å². The SMILES string of the molecule is CN(C)C(=O)NCCn1c(=O)c(C(=O)NCCCN2CCCC2=O)c(O)c2ncc(Cc3ccc(F)cc3)cc21. The van der Waals surface area contributed by atoms with Crippen LogP contribution in [0.15, 0.2) is 41.3 Å². The van der Waals surface area contributed by atoms with Crippen LogP contribution in [0.4, 0.5) is 9.18 Å². The highest BCUT2D eigenvalue weighted by atomic mass is 19.1. The summed E-state index contributed by atoms with van der Waals surface area (Å²) in [4.78, 5) is 57.9. The third kappa shape index (κ3) is 6.56. The molecule has 0 spiro atoms. The Kier molecular flexibility index (Phi) is 8.97. The monoisotopic (exact) mass is 552 g/mol. The molecule has 3 heterocycles. The molecule has 212 valence electrons. The van der Waals surface area contributed by atoms with Crippen LogP contribution in [-0.2, 0) is 17.8 Å². The van der Waals surface area contributed by atoms with E-state index in [1.165, 1.54) is 27.8 Å². The largest absolute Gasteiger partial charge is 0.505 e. The van der Waals surface area contributed by atoms with Gasteiger partial charge in [-0.15, -0.1) is 0 Å². The first-order valence-electron chi connectivity index (χ1n) is 13.2. The van der Waals surface area contributed by atoms with E-state index in [2.05, 4.69) is 15.6 Å². The van der Waals surface area contributed by atoms with E-state index < -0.39 is 22.8 Å². The van der Waals surface area contributed by atoms with Crippen molar-refractivity contribution < 1.29 is 23.9 Å². The molecule has 12 heteroatoms. The minimum atomic E-state index is -0.750. The van der Waals surface area contributed by atoms with Gasteiger partial charge in [-0.2, -0.15) is 0 Å². The van der Waals surface area contributed by atoms with Crippen molar-refractivity contribution in [3.05, 3.63) is 69.4 Å². The van der Waals surface area contributed by atoms with Gasteiger partial charge < -0.3 is 30.1 Å². The van der Waals surface area contributed by atoms with E-state index >= 15 is 0 Å². The van der Waals surface area contributed by atoms with Crippen LogP contribution in [0.5, 0.6) is 5.75 Å². The van der Waals surface area contributed by atoms with Crippen molar-refractivity contribution >= 4 is 28.9 Å². The molecule has 2 aromatic heterocycles. The number of carbonyl (C=O) groups is 3. The number of fused-ring (bicyclic) bond motifs is 1. The van der Waals surface area contributed by atoms with Crippen LogP contribution in [0.25, 0.3) is 11.0 Å². The summed E-state index contributed by atoms with van der Waals surface area (Å²) in [6.45, 7) is 1.51. The second kappa shape index (κ2) is 12.6. The van der Waals surface area contributed by atoms with Gasteiger partial charge >= 0.3 is 6.03 Å². The Morgan fingerprint density at radius 1 is 1.07 bits per heavy atom. The molecule has 11 nitrogen and oxygen atoms in total. The fourth-order valence-corrected chi connectivity index (χ4v) is 4.64. The molecular weight excluding hydrogens is 519 g/mol. The fraction of sp³-hybridized carbons (Fsp3) is 0.393. The Balaban J connectivity index is 1.61. The number of nitrogens with one attached hydrogen (secondary N) is 2. The zero-order valence-corrected chi connectivity index (χ0v) is 22.6.